The minimum Gasteiger partial charge on any atom is -0.481 e. The number of hydrogen-bond acceptors (Lipinski definition) is 2. The van der Waals surface area contributed by atoms with E-state index in [1.165, 1.54) is 12.1 Å². The number of halogens is 1. The number of carbonyl (C=O) groups excluding carboxylic acids is 1. The number of nitrogens with one attached hydrogen (secondary N) is 1. The first-order valence-electron chi connectivity index (χ1n) is 8.81. The van der Waals surface area contributed by atoms with Gasteiger partial charge in [-0.05, 0) is 56.2 Å². The van der Waals surface area contributed by atoms with Crippen LogP contribution in [0.3, 0.4) is 0 Å². The summed E-state index contributed by atoms with van der Waals surface area (Å²) in [6.07, 6.45) is 6.02. The first kappa shape index (κ1) is 16.9. The van der Waals surface area contributed by atoms with Crippen molar-refractivity contribution in [1.82, 2.24) is 5.32 Å². The number of carboxylic acids is 1. The molecule has 0 atom stereocenters. The quantitative estimate of drug-likeness (QED) is 0.887. The second-order valence-corrected chi connectivity index (χ2v) is 7.16. The zero-order valence-corrected chi connectivity index (χ0v) is 13.8. The van der Waals surface area contributed by atoms with E-state index >= 15 is 0 Å². The minimum absolute atomic E-state index is 0.0237. The van der Waals surface area contributed by atoms with Crippen LogP contribution in [0.4, 0.5) is 4.39 Å². The first-order chi connectivity index (χ1) is 11.5. The summed E-state index contributed by atoms with van der Waals surface area (Å²) in [5.74, 6) is -1.37. The zero-order chi connectivity index (χ0) is 17.2. The lowest BCUT2D eigenvalue weighted by Crippen LogP contribution is -2.48. The molecule has 0 saturated heterocycles. The molecule has 24 heavy (non-hydrogen) atoms. The molecule has 1 aromatic carbocycles. The highest BCUT2D eigenvalue weighted by molar-refractivity contribution is 5.88. The van der Waals surface area contributed by atoms with Crippen molar-refractivity contribution in [2.45, 2.75) is 62.8 Å². The lowest BCUT2D eigenvalue weighted by atomic mass is 9.77. The first-order valence-corrected chi connectivity index (χ1v) is 8.81. The average Bonchev–Trinajstić information content (AvgIpc) is 3.06. The van der Waals surface area contributed by atoms with Crippen LogP contribution >= 0.6 is 0 Å². The van der Waals surface area contributed by atoms with Gasteiger partial charge in [0.05, 0.1) is 11.3 Å². The van der Waals surface area contributed by atoms with Crippen LogP contribution in [0.2, 0.25) is 0 Å². The van der Waals surface area contributed by atoms with Crippen molar-refractivity contribution in [3.63, 3.8) is 0 Å². The highest BCUT2D eigenvalue weighted by Crippen LogP contribution is 2.42. The number of aliphatic carboxylic acids is 1. The van der Waals surface area contributed by atoms with Crippen LogP contribution in [-0.4, -0.2) is 23.0 Å². The Morgan fingerprint density at radius 3 is 2.38 bits per heavy atom. The Bertz CT molecular complexity index is 617. The van der Waals surface area contributed by atoms with Gasteiger partial charge < -0.3 is 10.4 Å². The molecule has 2 fully saturated rings. The maximum atomic E-state index is 13.6. The summed E-state index contributed by atoms with van der Waals surface area (Å²) in [7, 11) is 0. The number of amides is 1. The smallest absolute Gasteiger partial charge is 0.306 e. The Morgan fingerprint density at radius 2 is 1.79 bits per heavy atom. The molecular weight excluding hydrogens is 309 g/mol. The van der Waals surface area contributed by atoms with Gasteiger partial charge in [-0.1, -0.05) is 25.0 Å². The Labute approximate surface area is 141 Å². The molecule has 0 heterocycles. The van der Waals surface area contributed by atoms with Crippen molar-refractivity contribution in [1.29, 1.82) is 0 Å². The van der Waals surface area contributed by atoms with Crippen LogP contribution in [0.15, 0.2) is 24.3 Å². The summed E-state index contributed by atoms with van der Waals surface area (Å²) in [5.41, 5.74) is 0.128. The molecule has 0 bridgehead atoms. The molecule has 2 saturated carbocycles. The minimum atomic E-state index is -0.744. The lowest BCUT2D eigenvalue weighted by Gasteiger charge is -2.33. The van der Waals surface area contributed by atoms with Crippen molar-refractivity contribution < 1.29 is 19.1 Å². The normalized spacial score (nSPS) is 26.0. The summed E-state index contributed by atoms with van der Waals surface area (Å²) in [6.45, 7) is 0. The maximum absolute atomic E-state index is 13.6. The van der Waals surface area contributed by atoms with Crippen LogP contribution in [0, 0.1) is 11.7 Å². The predicted molar refractivity (Wildman–Crippen MR) is 88.1 cm³/mol. The third kappa shape index (κ3) is 3.30. The van der Waals surface area contributed by atoms with Crippen molar-refractivity contribution in [2.24, 2.45) is 5.92 Å². The van der Waals surface area contributed by atoms with E-state index in [4.69, 9.17) is 5.11 Å². The van der Waals surface area contributed by atoms with E-state index in [1.54, 1.807) is 6.07 Å². The number of carboxylic acid groups (broad SMARTS) is 1. The third-order valence-electron chi connectivity index (χ3n) is 5.68. The molecule has 0 radical (unpaired) electrons. The molecular formula is C19H24FNO3. The number of rotatable bonds is 4. The summed E-state index contributed by atoms with van der Waals surface area (Å²) < 4.78 is 13.6. The van der Waals surface area contributed by atoms with Gasteiger partial charge in [-0.15, -0.1) is 0 Å². The second kappa shape index (κ2) is 6.91. The van der Waals surface area contributed by atoms with Crippen LogP contribution in [0.5, 0.6) is 0 Å². The van der Waals surface area contributed by atoms with E-state index in [0.29, 0.717) is 25.7 Å². The molecule has 130 valence electrons. The van der Waals surface area contributed by atoms with Gasteiger partial charge in [0, 0.05) is 6.04 Å². The summed E-state index contributed by atoms with van der Waals surface area (Å²) in [4.78, 5) is 24.1. The van der Waals surface area contributed by atoms with Crippen LogP contribution in [-0.2, 0) is 15.0 Å². The van der Waals surface area contributed by atoms with Crippen molar-refractivity contribution in [3.05, 3.63) is 35.6 Å². The van der Waals surface area contributed by atoms with E-state index in [2.05, 4.69) is 5.32 Å². The van der Waals surface area contributed by atoms with Gasteiger partial charge in [-0.3, -0.25) is 9.59 Å². The summed E-state index contributed by atoms with van der Waals surface area (Å²) >= 11 is 0. The van der Waals surface area contributed by atoms with E-state index in [9.17, 15) is 14.0 Å². The van der Waals surface area contributed by atoms with Crippen LogP contribution < -0.4 is 5.32 Å². The van der Waals surface area contributed by atoms with E-state index in [-0.39, 0.29) is 23.7 Å². The number of carbonyl (C=O) groups is 2. The van der Waals surface area contributed by atoms with Gasteiger partial charge in [-0.2, -0.15) is 0 Å². The fraction of sp³-hybridized carbons (Fsp3) is 0.579. The SMILES string of the molecule is O=C(O)C1CCC(NC(=O)C2(c3cccc(F)c3)CCCC2)CC1. The molecule has 5 heteroatoms. The maximum Gasteiger partial charge on any atom is 0.306 e. The molecule has 1 aromatic rings. The monoisotopic (exact) mass is 333 g/mol. The fourth-order valence-corrected chi connectivity index (χ4v) is 4.22. The van der Waals surface area contributed by atoms with Gasteiger partial charge in [-0.25, -0.2) is 4.39 Å². The largest absolute Gasteiger partial charge is 0.481 e. The summed E-state index contributed by atoms with van der Waals surface area (Å²) in [6, 6.07) is 6.41. The van der Waals surface area contributed by atoms with E-state index in [1.807, 2.05) is 6.07 Å². The highest BCUT2D eigenvalue weighted by atomic mass is 19.1. The Balaban J connectivity index is 1.71. The summed E-state index contributed by atoms with van der Waals surface area (Å²) in [5, 5.41) is 12.2. The molecule has 3 rings (SSSR count). The molecule has 2 aliphatic rings. The average molecular weight is 333 g/mol. The van der Waals surface area contributed by atoms with Gasteiger partial charge >= 0.3 is 5.97 Å². The molecule has 0 unspecified atom stereocenters. The molecule has 2 aliphatic carbocycles. The standard InChI is InChI=1S/C19H24FNO3/c20-15-5-3-4-14(12-15)19(10-1-2-11-19)18(24)21-16-8-6-13(7-9-16)17(22)23/h3-5,12-13,16H,1-2,6-11H2,(H,21,24)(H,22,23). The Hall–Kier alpha value is -1.91. The molecule has 0 spiro atoms. The van der Waals surface area contributed by atoms with E-state index in [0.717, 1.165) is 31.2 Å². The molecule has 2 N–H and O–H groups in total. The van der Waals surface area contributed by atoms with Crippen LogP contribution in [0.1, 0.15) is 56.9 Å². The number of benzene rings is 1. The molecule has 1 amide bonds. The molecule has 4 nitrogen and oxygen atoms in total. The number of hydrogen-bond donors (Lipinski definition) is 2. The van der Waals surface area contributed by atoms with Crippen molar-refractivity contribution in [2.75, 3.05) is 0 Å². The van der Waals surface area contributed by atoms with Crippen LogP contribution in [0.25, 0.3) is 0 Å². The van der Waals surface area contributed by atoms with Crippen molar-refractivity contribution in [3.8, 4) is 0 Å². The second-order valence-electron chi connectivity index (χ2n) is 7.16. The van der Waals surface area contributed by atoms with Gasteiger partial charge in [0.2, 0.25) is 5.91 Å². The molecule has 0 aliphatic heterocycles. The van der Waals surface area contributed by atoms with E-state index < -0.39 is 11.4 Å². The van der Waals surface area contributed by atoms with Crippen molar-refractivity contribution >= 4 is 11.9 Å². The zero-order valence-electron chi connectivity index (χ0n) is 13.8. The predicted octanol–water partition coefficient (Wildman–Crippen LogP) is 3.40. The fourth-order valence-electron chi connectivity index (χ4n) is 4.22. The lowest BCUT2D eigenvalue weighted by molar-refractivity contribution is -0.142. The Morgan fingerprint density at radius 1 is 1.12 bits per heavy atom. The van der Waals surface area contributed by atoms with Gasteiger partial charge in [0.1, 0.15) is 5.82 Å². The topological polar surface area (TPSA) is 66.4 Å². The van der Waals surface area contributed by atoms with Gasteiger partial charge in [0.25, 0.3) is 0 Å². The Kier molecular flexibility index (Phi) is 4.88. The van der Waals surface area contributed by atoms with Gasteiger partial charge in [0.15, 0.2) is 0 Å². The molecule has 0 aromatic heterocycles. The highest BCUT2D eigenvalue weighted by Gasteiger charge is 2.43. The third-order valence-corrected chi connectivity index (χ3v) is 5.68.